The molecule has 0 spiro atoms. The van der Waals surface area contributed by atoms with Crippen LogP contribution in [-0.4, -0.2) is 64.1 Å². The molecule has 0 aliphatic carbocycles. The molecule has 0 aromatic rings. The number of hydrogen-bond acceptors (Lipinski definition) is 4. The van der Waals surface area contributed by atoms with Crippen molar-refractivity contribution in [2.24, 2.45) is 5.41 Å². The summed E-state index contributed by atoms with van der Waals surface area (Å²) >= 11 is 0. The maximum atomic E-state index is 5.77. The van der Waals surface area contributed by atoms with Crippen molar-refractivity contribution in [2.75, 3.05) is 53.1 Å². The van der Waals surface area contributed by atoms with E-state index in [2.05, 4.69) is 31.0 Å². The lowest BCUT2D eigenvalue weighted by Gasteiger charge is -2.42. The van der Waals surface area contributed by atoms with Crippen LogP contribution in [-0.2, 0) is 9.47 Å². The maximum absolute atomic E-state index is 5.77. The Morgan fingerprint density at radius 2 is 2.21 bits per heavy atom. The van der Waals surface area contributed by atoms with Crippen LogP contribution < -0.4 is 5.32 Å². The van der Waals surface area contributed by atoms with Gasteiger partial charge in [0.25, 0.3) is 0 Å². The van der Waals surface area contributed by atoms with Gasteiger partial charge in [0, 0.05) is 44.8 Å². The summed E-state index contributed by atoms with van der Waals surface area (Å²) in [6.07, 6.45) is 2.44. The van der Waals surface area contributed by atoms with Crippen LogP contribution in [0.1, 0.15) is 33.6 Å². The molecule has 0 radical (unpaired) electrons. The summed E-state index contributed by atoms with van der Waals surface area (Å²) in [6.45, 7) is 13.5. The average Bonchev–Trinajstić information content (AvgIpc) is 2.42. The second-order valence-electron chi connectivity index (χ2n) is 5.99. The molecule has 1 N–H and O–H groups in total. The van der Waals surface area contributed by atoms with Crippen LogP contribution >= 0.6 is 0 Å². The number of rotatable bonds is 9. The van der Waals surface area contributed by atoms with Crippen molar-refractivity contribution in [1.29, 1.82) is 0 Å². The van der Waals surface area contributed by atoms with Crippen LogP contribution in [0.3, 0.4) is 0 Å². The number of ether oxygens (including phenoxy) is 2. The zero-order valence-corrected chi connectivity index (χ0v) is 13.2. The third-order valence-corrected chi connectivity index (χ3v) is 4.01. The van der Waals surface area contributed by atoms with Gasteiger partial charge in [-0.2, -0.15) is 0 Å². The first-order chi connectivity index (χ1) is 9.13. The molecule has 114 valence electrons. The molecular formula is C15H32N2O2. The van der Waals surface area contributed by atoms with E-state index >= 15 is 0 Å². The van der Waals surface area contributed by atoms with Crippen LogP contribution in [0.25, 0.3) is 0 Å². The Hall–Kier alpha value is -0.160. The van der Waals surface area contributed by atoms with Gasteiger partial charge < -0.3 is 14.8 Å². The van der Waals surface area contributed by atoms with Gasteiger partial charge in [0.05, 0.1) is 13.2 Å². The number of methoxy groups -OCH3 is 1. The monoisotopic (exact) mass is 272 g/mol. The van der Waals surface area contributed by atoms with Crippen LogP contribution in [0.2, 0.25) is 0 Å². The first-order valence-corrected chi connectivity index (χ1v) is 7.65. The Balaban J connectivity index is 2.61. The van der Waals surface area contributed by atoms with Crippen molar-refractivity contribution in [3.8, 4) is 0 Å². The highest BCUT2D eigenvalue weighted by Crippen LogP contribution is 2.29. The van der Waals surface area contributed by atoms with E-state index in [4.69, 9.17) is 9.47 Å². The van der Waals surface area contributed by atoms with Gasteiger partial charge in [-0.25, -0.2) is 0 Å². The van der Waals surface area contributed by atoms with E-state index in [1.807, 2.05) is 0 Å². The molecule has 4 nitrogen and oxygen atoms in total. The fraction of sp³-hybridized carbons (Fsp3) is 1.00. The Morgan fingerprint density at radius 3 is 2.74 bits per heavy atom. The zero-order valence-electron chi connectivity index (χ0n) is 13.2. The molecule has 1 fully saturated rings. The molecule has 19 heavy (non-hydrogen) atoms. The van der Waals surface area contributed by atoms with E-state index in [0.717, 1.165) is 46.0 Å². The summed E-state index contributed by atoms with van der Waals surface area (Å²) < 4.78 is 11.0. The number of nitrogens with zero attached hydrogens (tertiary/aromatic N) is 1. The van der Waals surface area contributed by atoms with Gasteiger partial charge >= 0.3 is 0 Å². The first-order valence-electron chi connectivity index (χ1n) is 7.65. The van der Waals surface area contributed by atoms with E-state index in [-0.39, 0.29) is 5.41 Å². The van der Waals surface area contributed by atoms with Gasteiger partial charge in [-0.3, -0.25) is 4.90 Å². The molecule has 0 amide bonds. The first kappa shape index (κ1) is 16.9. The third-order valence-electron chi connectivity index (χ3n) is 4.01. The van der Waals surface area contributed by atoms with Crippen molar-refractivity contribution in [2.45, 2.75) is 39.7 Å². The molecule has 1 aliphatic rings. The topological polar surface area (TPSA) is 33.7 Å². The zero-order chi connectivity index (χ0) is 14.1. The van der Waals surface area contributed by atoms with E-state index in [1.165, 1.54) is 12.8 Å². The van der Waals surface area contributed by atoms with Crippen molar-refractivity contribution in [1.82, 2.24) is 10.2 Å². The molecule has 1 unspecified atom stereocenters. The minimum Gasteiger partial charge on any atom is -0.383 e. The van der Waals surface area contributed by atoms with Crippen LogP contribution in [0, 0.1) is 5.41 Å². The standard InChI is InChI=1S/C15H32N2O2/c1-5-16-11-15(7-6-9-19-13-15)12-17(14(2)3)8-10-18-4/h14,16H,5-13H2,1-4H3. The van der Waals surface area contributed by atoms with Gasteiger partial charge in [-0.15, -0.1) is 0 Å². The third kappa shape index (κ3) is 5.78. The largest absolute Gasteiger partial charge is 0.383 e. The van der Waals surface area contributed by atoms with Gasteiger partial charge in [-0.05, 0) is 33.2 Å². The summed E-state index contributed by atoms with van der Waals surface area (Å²) in [7, 11) is 1.77. The Bertz CT molecular complexity index is 228. The van der Waals surface area contributed by atoms with Crippen molar-refractivity contribution >= 4 is 0 Å². The second-order valence-corrected chi connectivity index (χ2v) is 5.99. The van der Waals surface area contributed by atoms with Gasteiger partial charge in [-0.1, -0.05) is 6.92 Å². The summed E-state index contributed by atoms with van der Waals surface area (Å²) in [5.41, 5.74) is 0.270. The van der Waals surface area contributed by atoms with Crippen molar-refractivity contribution in [3.05, 3.63) is 0 Å². The molecular weight excluding hydrogens is 240 g/mol. The molecule has 0 bridgehead atoms. The summed E-state index contributed by atoms with van der Waals surface area (Å²) in [4.78, 5) is 2.52. The average molecular weight is 272 g/mol. The lowest BCUT2D eigenvalue weighted by molar-refractivity contribution is -0.0337. The lowest BCUT2D eigenvalue weighted by atomic mass is 9.81. The molecule has 4 heteroatoms. The highest BCUT2D eigenvalue weighted by molar-refractivity contribution is 4.88. The second kappa shape index (κ2) is 8.90. The summed E-state index contributed by atoms with van der Waals surface area (Å²) in [5.74, 6) is 0. The fourth-order valence-electron chi connectivity index (χ4n) is 2.78. The maximum Gasteiger partial charge on any atom is 0.0589 e. The smallest absolute Gasteiger partial charge is 0.0589 e. The molecule has 0 saturated carbocycles. The molecule has 0 aromatic heterocycles. The van der Waals surface area contributed by atoms with Crippen molar-refractivity contribution in [3.63, 3.8) is 0 Å². The Labute approximate surface area is 118 Å². The minimum absolute atomic E-state index is 0.270. The molecule has 1 heterocycles. The highest BCUT2D eigenvalue weighted by Gasteiger charge is 2.34. The van der Waals surface area contributed by atoms with E-state index in [9.17, 15) is 0 Å². The molecule has 1 saturated heterocycles. The van der Waals surface area contributed by atoms with Crippen LogP contribution in [0.5, 0.6) is 0 Å². The molecule has 1 rings (SSSR count). The summed E-state index contributed by atoms with van der Waals surface area (Å²) in [5, 5.41) is 3.52. The minimum atomic E-state index is 0.270. The van der Waals surface area contributed by atoms with Crippen LogP contribution in [0.15, 0.2) is 0 Å². The Kier molecular flexibility index (Phi) is 7.91. The van der Waals surface area contributed by atoms with E-state index < -0.39 is 0 Å². The predicted molar refractivity (Wildman–Crippen MR) is 79.6 cm³/mol. The quantitative estimate of drug-likeness (QED) is 0.693. The van der Waals surface area contributed by atoms with Gasteiger partial charge in [0.15, 0.2) is 0 Å². The van der Waals surface area contributed by atoms with E-state index in [0.29, 0.717) is 6.04 Å². The normalized spacial score (nSPS) is 24.3. The van der Waals surface area contributed by atoms with Crippen molar-refractivity contribution < 1.29 is 9.47 Å². The predicted octanol–water partition coefficient (Wildman–Crippen LogP) is 1.75. The Morgan fingerprint density at radius 1 is 1.42 bits per heavy atom. The number of nitrogens with one attached hydrogen (secondary N) is 1. The SMILES string of the molecule is CCNCC1(CN(CCOC)C(C)C)CCCOC1. The molecule has 0 aromatic carbocycles. The van der Waals surface area contributed by atoms with Gasteiger partial charge in [0.2, 0.25) is 0 Å². The molecule has 1 aliphatic heterocycles. The highest BCUT2D eigenvalue weighted by atomic mass is 16.5. The number of hydrogen-bond donors (Lipinski definition) is 1. The molecule has 1 atom stereocenters. The van der Waals surface area contributed by atoms with Crippen LogP contribution in [0.4, 0.5) is 0 Å². The van der Waals surface area contributed by atoms with E-state index in [1.54, 1.807) is 7.11 Å². The van der Waals surface area contributed by atoms with Gasteiger partial charge in [0.1, 0.15) is 0 Å². The lowest BCUT2D eigenvalue weighted by Crippen LogP contribution is -2.51. The summed E-state index contributed by atoms with van der Waals surface area (Å²) in [6, 6.07) is 0.551. The fourth-order valence-corrected chi connectivity index (χ4v) is 2.78.